The molecule has 0 saturated carbocycles. The molecule has 1 aliphatic heterocycles. The third kappa shape index (κ3) is 3.50. The Kier molecular flexibility index (Phi) is 4.08. The molecule has 1 aromatic rings. The highest BCUT2D eigenvalue weighted by Gasteiger charge is 2.32. The molecule has 1 heterocycles. The average molecular weight is 308 g/mol. The first-order valence-electron chi connectivity index (χ1n) is 6.10. The van der Waals surface area contributed by atoms with E-state index in [1.807, 2.05) is 0 Å². The highest BCUT2D eigenvalue weighted by atomic mass is 32.2. The van der Waals surface area contributed by atoms with Crippen molar-refractivity contribution in [1.29, 1.82) is 0 Å². The Balaban J connectivity index is 2.12. The summed E-state index contributed by atoms with van der Waals surface area (Å²) in [5, 5.41) is 7.33. The van der Waals surface area contributed by atoms with Gasteiger partial charge in [-0.15, -0.1) is 0 Å². The summed E-state index contributed by atoms with van der Waals surface area (Å²) in [6, 6.07) is 4.78. The zero-order valence-electron chi connectivity index (χ0n) is 10.5. The number of hydrogen-bond donors (Lipinski definition) is 2. The highest BCUT2D eigenvalue weighted by Crippen LogP contribution is 2.32. The molecule has 20 heavy (non-hydrogen) atoms. The van der Waals surface area contributed by atoms with Crippen molar-refractivity contribution in [3.63, 3.8) is 0 Å². The number of piperidine rings is 1. The summed E-state index contributed by atoms with van der Waals surface area (Å²) in [7, 11) is -3.61. The second-order valence-corrected chi connectivity index (χ2v) is 6.72. The summed E-state index contributed by atoms with van der Waals surface area (Å²) in [6.07, 6.45) is -3.61. The van der Waals surface area contributed by atoms with Crippen molar-refractivity contribution in [2.75, 3.05) is 6.54 Å². The normalized spacial score (nSPS) is 24.6. The minimum absolute atomic E-state index is 0.153. The molecule has 1 fully saturated rings. The summed E-state index contributed by atoms with van der Waals surface area (Å²) in [4.78, 5) is 0. The Bertz CT molecular complexity index is 579. The van der Waals surface area contributed by atoms with Gasteiger partial charge in [-0.2, -0.15) is 13.2 Å². The van der Waals surface area contributed by atoms with E-state index in [4.69, 9.17) is 5.14 Å². The van der Waals surface area contributed by atoms with Crippen LogP contribution in [0.3, 0.4) is 0 Å². The summed E-state index contributed by atoms with van der Waals surface area (Å²) < 4.78 is 60.3. The number of alkyl halides is 3. The van der Waals surface area contributed by atoms with Crippen molar-refractivity contribution in [2.24, 2.45) is 5.14 Å². The van der Waals surface area contributed by atoms with Gasteiger partial charge < -0.3 is 5.32 Å². The van der Waals surface area contributed by atoms with Gasteiger partial charge in [0.15, 0.2) is 0 Å². The van der Waals surface area contributed by atoms with Gasteiger partial charge in [-0.3, -0.25) is 0 Å². The van der Waals surface area contributed by atoms with Gasteiger partial charge in [0, 0.05) is 12.6 Å². The summed E-state index contributed by atoms with van der Waals surface area (Å²) >= 11 is 0. The van der Waals surface area contributed by atoms with Gasteiger partial charge in [-0.25, -0.2) is 13.6 Å². The van der Waals surface area contributed by atoms with Crippen LogP contribution in [0.2, 0.25) is 0 Å². The highest BCUT2D eigenvalue weighted by molar-refractivity contribution is 7.89. The van der Waals surface area contributed by atoms with E-state index in [9.17, 15) is 21.6 Å². The Hall–Kier alpha value is -1.12. The molecule has 0 aliphatic carbocycles. The number of sulfonamides is 1. The van der Waals surface area contributed by atoms with Gasteiger partial charge in [-0.1, -0.05) is 12.1 Å². The number of nitrogens with two attached hydrogens (primary N) is 1. The Morgan fingerprint density at radius 1 is 1.25 bits per heavy atom. The van der Waals surface area contributed by atoms with E-state index < -0.39 is 27.0 Å². The molecule has 2 unspecified atom stereocenters. The van der Waals surface area contributed by atoms with Crippen molar-refractivity contribution in [2.45, 2.75) is 30.3 Å². The van der Waals surface area contributed by atoms with Crippen LogP contribution in [0.5, 0.6) is 0 Å². The summed E-state index contributed by atoms with van der Waals surface area (Å²) in [5.74, 6) is 0. The van der Waals surface area contributed by atoms with E-state index in [0.717, 1.165) is 12.1 Å². The third-order valence-electron chi connectivity index (χ3n) is 3.45. The number of nitrogens with one attached hydrogen (secondary N) is 1. The Labute approximate surface area is 115 Å². The van der Waals surface area contributed by atoms with E-state index >= 15 is 0 Å². The SMILES string of the molecule is NS(=O)(=O)C1CCC(c2cccc(C(F)(F)F)c2)NC1. The van der Waals surface area contributed by atoms with Gasteiger partial charge in [-0.05, 0) is 30.5 Å². The van der Waals surface area contributed by atoms with Gasteiger partial charge >= 0.3 is 6.18 Å². The van der Waals surface area contributed by atoms with E-state index in [0.29, 0.717) is 18.4 Å². The topological polar surface area (TPSA) is 72.2 Å². The molecule has 4 nitrogen and oxygen atoms in total. The standard InChI is InChI=1S/C12H15F3N2O2S/c13-12(14,15)9-3-1-2-8(6-9)11-5-4-10(7-17-11)20(16,18)19/h1-3,6,10-11,17H,4-5,7H2,(H2,16,18,19). The lowest BCUT2D eigenvalue weighted by atomic mass is 9.96. The Morgan fingerprint density at radius 3 is 2.45 bits per heavy atom. The zero-order valence-corrected chi connectivity index (χ0v) is 11.3. The maximum atomic E-state index is 12.6. The van der Waals surface area contributed by atoms with Gasteiger partial charge in [0.2, 0.25) is 10.0 Å². The molecule has 0 aromatic heterocycles. The maximum absolute atomic E-state index is 12.6. The van der Waals surface area contributed by atoms with Gasteiger partial charge in [0.25, 0.3) is 0 Å². The molecule has 1 saturated heterocycles. The zero-order chi connectivity index (χ0) is 15.0. The van der Waals surface area contributed by atoms with Crippen LogP contribution >= 0.6 is 0 Å². The van der Waals surface area contributed by atoms with Crippen molar-refractivity contribution in [3.8, 4) is 0 Å². The number of halogens is 3. The average Bonchev–Trinajstić information content (AvgIpc) is 2.37. The third-order valence-corrected chi connectivity index (χ3v) is 4.78. The second-order valence-electron chi connectivity index (χ2n) is 4.87. The fourth-order valence-electron chi connectivity index (χ4n) is 2.33. The molecule has 0 spiro atoms. The van der Waals surface area contributed by atoms with E-state index in [2.05, 4.69) is 5.32 Å². The quantitative estimate of drug-likeness (QED) is 0.875. The molecule has 0 radical (unpaired) electrons. The molecular formula is C12H15F3N2O2S. The van der Waals surface area contributed by atoms with Crippen LogP contribution in [0, 0.1) is 0 Å². The maximum Gasteiger partial charge on any atom is 0.416 e. The number of hydrogen-bond acceptors (Lipinski definition) is 3. The second kappa shape index (κ2) is 5.34. The van der Waals surface area contributed by atoms with Crippen molar-refractivity contribution < 1.29 is 21.6 Å². The molecule has 1 aliphatic rings. The lowest BCUT2D eigenvalue weighted by molar-refractivity contribution is -0.137. The first-order chi connectivity index (χ1) is 9.18. The molecule has 1 aromatic carbocycles. The van der Waals surface area contributed by atoms with Crippen molar-refractivity contribution in [1.82, 2.24) is 5.32 Å². The lowest BCUT2D eigenvalue weighted by Gasteiger charge is -2.29. The molecule has 2 atom stereocenters. The minimum atomic E-state index is -4.38. The molecule has 0 amide bonds. The minimum Gasteiger partial charge on any atom is -0.309 e. The van der Waals surface area contributed by atoms with E-state index in [-0.39, 0.29) is 12.6 Å². The number of rotatable bonds is 2. The molecule has 112 valence electrons. The smallest absolute Gasteiger partial charge is 0.309 e. The summed E-state index contributed by atoms with van der Waals surface area (Å²) in [6.45, 7) is 0.153. The number of benzene rings is 1. The van der Waals surface area contributed by atoms with Gasteiger partial charge in [0.05, 0.1) is 10.8 Å². The lowest BCUT2D eigenvalue weighted by Crippen LogP contribution is -2.43. The first kappa shape index (κ1) is 15.3. The monoisotopic (exact) mass is 308 g/mol. The molecule has 0 bridgehead atoms. The summed E-state index contributed by atoms with van der Waals surface area (Å²) in [5.41, 5.74) is -0.196. The van der Waals surface area contributed by atoms with Crippen LogP contribution in [-0.2, 0) is 16.2 Å². The number of primary sulfonamides is 1. The van der Waals surface area contributed by atoms with Gasteiger partial charge in [0.1, 0.15) is 0 Å². The molecular weight excluding hydrogens is 293 g/mol. The van der Waals surface area contributed by atoms with Crippen LogP contribution in [0.15, 0.2) is 24.3 Å². The fraction of sp³-hybridized carbons (Fsp3) is 0.500. The van der Waals surface area contributed by atoms with Crippen molar-refractivity contribution in [3.05, 3.63) is 35.4 Å². The van der Waals surface area contributed by atoms with E-state index in [1.165, 1.54) is 6.07 Å². The fourth-order valence-corrected chi connectivity index (χ4v) is 3.12. The predicted octanol–water partition coefficient (Wildman–Crippen LogP) is 1.79. The molecule has 8 heteroatoms. The van der Waals surface area contributed by atoms with E-state index in [1.54, 1.807) is 6.07 Å². The predicted molar refractivity (Wildman–Crippen MR) is 68.3 cm³/mol. The molecule has 3 N–H and O–H groups in total. The van der Waals surface area contributed by atoms with Crippen LogP contribution < -0.4 is 10.5 Å². The van der Waals surface area contributed by atoms with Crippen molar-refractivity contribution >= 4 is 10.0 Å². The van der Waals surface area contributed by atoms with Crippen LogP contribution in [0.1, 0.15) is 30.0 Å². The van der Waals surface area contributed by atoms with Crippen LogP contribution in [-0.4, -0.2) is 20.2 Å². The van der Waals surface area contributed by atoms with Crippen LogP contribution in [0.4, 0.5) is 13.2 Å². The Morgan fingerprint density at radius 2 is 1.95 bits per heavy atom. The molecule has 2 rings (SSSR count). The van der Waals surface area contributed by atoms with Crippen LogP contribution in [0.25, 0.3) is 0 Å². The first-order valence-corrected chi connectivity index (χ1v) is 7.71. The largest absolute Gasteiger partial charge is 0.416 e.